The Kier molecular flexibility index (Phi) is 2.79. The minimum Gasteiger partial charge on any atom is -0.338 e. The highest BCUT2D eigenvalue weighted by atomic mass is 15.0. The Morgan fingerprint density at radius 1 is 0.947 bits per heavy atom. The largest absolute Gasteiger partial charge is 0.338 e. The fourth-order valence-corrected chi connectivity index (χ4v) is 1.92. The summed E-state index contributed by atoms with van der Waals surface area (Å²) in [6, 6.07) is 16.1. The lowest BCUT2D eigenvalue weighted by atomic mass is 10.1. The summed E-state index contributed by atoms with van der Waals surface area (Å²) >= 11 is 0. The lowest BCUT2D eigenvalue weighted by Gasteiger charge is -2.07. The van der Waals surface area contributed by atoms with E-state index in [9.17, 15) is 0 Å². The van der Waals surface area contributed by atoms with Gasteiger partial charge < -0.3 is 5.32 Å². The van der Waals surface area contributed by atoms with Gasteiger partial charge in [-0.15, -0.1) is 0 Å². The molecule has 0 aliphatic rings. The monoisotopic (exact) mass is 246 g/mol. The third-order valence-corrected chi connectivity index (χ3v) is 2.82. The van der Waals surface area contributed by atoms with Crippen LogP contribution >= 0.6 is 0 Å². The predicted molar refractivity (Wildman–Crippen MR) is 74.0 cm³/mol. The van der Waals surface area contributed by atoms with E-state index in [1.54, 1.807) is 6.20 Å². The number of benzene rings is 2. The van der Waals surface area contributed by atoms with Gasteiger partial charge in [-0.3, -0.25) is 0 Å². The summed E-state index contributed by atoms with van der Waals surface area (Å²) in [4.78, 5) is 8.10. The maximum absolute atomic E-state index is 8.98. The van der Waals surface area contributed by atoms with Gasteiger partial charge in [0.05, 0.1) is 0 Å². The highest BCUT2D eigenvalue weighted by Gasteiger charge is 2.04. The molecule has 0 fully saturated rings. The number of nitriles is 1. The van der Waals surface area contributed by atoms with E-state index in [0.29, 0.717) is 5.82 Å². The van der Waals surface area contributed by atoms with Crippen molar-refractivity contribution in [2.45, 2.75) is 0 Å². The normalized spacial score (nSPS) is 10.1. The van der Waals surface area contributed by atoms with Crippen molar-refractivity contribution in [2.75, 3.05) is 5.32 Å². The fraction of sp³-hybridized carbons (Fsp3) is 0. The molecule has 1 aromatic heterocycles. The lowest BCUT2D eigenvalue weighted by molar-refractivity contribution is 1.16. The predicted octanol–water partition coefficient (Wildman–Crippen LogP) is 3.25. The van der Waals surface area contributed by atoms with Crippen LogP contribution in [-0.4, -0.2) is 9.97 Å². The van der Waals surface area contributed by atoms with E-state index in [4.69, 9.17) is 5.26 Å². The van der Waals surface area contributed by atoms with Gasteiger partial charge >= 0.3 is 0 Å². The number of fused-ring (bicyclic) bond motifs is 1. The zero-order valence-electron chi connectivity index (χ0n) is 10.0. The van der Waals surface area contributed by atoms with E-state index in [0.717, 1.165) is 11.1 Å². The Balaban J connectivity index is 1.99. The summed E-state index contributed by atoms with van der Waals surface area (Å²) < 4.78 is 0. The first-order valence-corrected chi connectivity index (χ1v) is 5.84. The Morgan fingerprint density at radius 3 is 2.58 bits per heavy atom. The first-order valence-electron chi connectivity index (χ1n) is 5.84. The van der Waals surface area contributed by atoms with E-state index in [1.165, 1.54) is 11.6 Å². The summed E-state index contributed by atoms with van der Waals surface area (Å²) in [5.41, 5.74) is 1.17. The van der Waals surface area contributed by atoms with Gasteiger partial charge in [0.1, 0.15) is 6.07 Å². The molecule has 0 spiro atoms. The standard InChI is InChI=1S/C15H10N4/c16-10-14-15(18-8-7-17-14)19-13-6-5-11-3-1-2-4-12(11)9-13/h1-9H,(H,18,19). The van der Waals surface area contributed by atoms with Crippen LogP contribution in [0.15, 0.2) is 54.9 Å². The number of nitrogens with one attached hydrogen (secondary N) is 1. The average Bonchev–Trinajstić information content (AvgIpc) is 2.48. The maximum atomic E-state index is 8.98. The van der Waals surface area contributed by atoms with Gasteiger partial charge in [0, 0.05) is 18.1 Å². The van der Waals surface area contributed by atoms with Crippen molar-refractivity contribution in [3.8, 4) is 6.07 Å². The quantitative estimate of drug-likeness (QED) is 0.754. The summed E-state index contributed by atoms with van der Waals surface area (Å²) in [5, 5.41) is 14.4. The van der Waals surface area contributed by atoms with E-state index < -0.39 is 0 Å². The lowest BCUT2D eigenvalue weighted by Crippen LogP contribution is -1.98. The van der Waals surface area contributed by atoms with Crippen LogP contribution in [0.1, 0.15) is 5.69 Å². The number of anilines is 2. The van der Waals surface area contributed by atoms with Gasteiger partial charge in [0.15, 0.2) is 11.5 Å². The molecule has 0 atom stereocenters. The molecule has 3 aromatic rings. The van der Waals surface area contributed by atoms with Gasteiger partial charge in [-0.05, 0) is 22.9 Å². The maximum Gasteiger partial charge on any atom is 0.183 e. The van der Waals surface area contributed by atoms with Crippen molar-refractivity contribution in [1.29, 1.82) is 5.26 Å². The number of hydrogen-bond donors (Lipinski definition) is 1. The van der Waals surface area contributed by atoms with Gasteiger partial charge in [-0.2, -0.15) is 5.26 Å². The number of rotatable bonds is 2. The van der Waals surface area contributed by atoms with Gasteiger partial charge in [-0.1, -0.05) is 30.3 Å². The summed E-state index contributed by atoms with van der Waals surface area (Å²) in [5.74, 6) is 0.472. The van der Waals surface area contributed by atoms with Crippen LogP contribution in [0.3, 0.4) is 0 Å². The zero-order chi connectivity index (χ0) is 13.1. The van der Waals surface area contributed by atoms with E-state index >= 15 is 0 Å². The highest BCUT2D eigenvalue weighted by molar-refractivity contribution is 5.86. The summed E-state index contributed by atoms with van der Waals surface area (Å²) in [6.07, 6.45) is 3.06. The van der Waals surface area contributed by atoms with Gasteiger partial charge in [0.2, 0.25) is 0 Å². The van der Waals surface area contributed by atoms with Crippen LogP contribution < -0.4 is 5.32 Å². The second-order valence-corrected chi connectivity index (χ2v) is 4.05. The molecule has 2 aromatic carbocycles. The molecule has 1 heterocycles. The Hall–Kier alpha value is -2.93. The molecule has 3 rings (SSSR count). The van der Waals surface area contributed by atoms with Crippen molar-refractivity contribution in [3.63, 3.8) is 0 Å². The number of hydrogen-bond acceptors (Lipinski definition) is 4. The number of aromatic nitrogens is 2. The van der Waals surface area contributed by atoms with Crippen LogP contribution in [0.2, 0.25) is 0 Å². The first kappa shape index (κ1) is 11.2. The smallest absolute Gasteiger partial charge is 0.183 e. The molecule has 4 heteroatoms. The van der Waals surface area contributed by atoms with Crippen molar-refractivity contribution in [1.82, 2.24) is 9.97 Å². The van der Waals surface area contributed by atoms with Crippen molar-refractivity contribution in [2.24, 2.45) is 0 Å². The van der Waals surface area contributed by atoms with Gasteiger partial charge in [-0.25, -0.2) is 9.97 Å². The van der Waals surface area contributed by atoms with Crippen LogP contribution in [0.5, 0.6) is 0 Å². The molecule has 0 saturated carbocycles. The minimum absolute atomic E-state index is 0.288. The second-order valence-electron chi connectivity index (χ2n) is 4.05. The first-order chi connectivity index (χ1) is 9.36. The highest BCUT2D eigenvalue weighted by Crippen LogP contribution is 2.22. The van der Waals surface area contributed by atoms with E-state index in [1.807, 2.05) is 42.5 Å². The molecule has 19 heavy (non-hydrogen) atoms. The average molecular weight is 246 g/mol. The molecule has 1 N–H and O–H groups in total. The van der Waals surface area contributed by atoms with E-state index in [-0.39, 0.29) is 5.69 Å². The molecule has 90 valence electrons. The SMILES string of the molecule is N#Cc1nccnc1Nc1ccc2ccccc2c1. The summed E-state index contributed by atoms with van der Waals surface area (Å²) in [6.45, 7) is 0. The Bertz CT molecular complexity index is 774. The molecule has 4 nitrogen and oxygen atoms in total. The number of nitrogens with zero attached hydrogens (tertiary/aromatic N) is 3. The van der Waals surface area contributed by atoms with Crippen LogP contribution in [0.25, 0.3) is 10.8 Å². The fourth-order valence-electron chi connectivity index (χ4n) is 1.92. The van der Waals surface area contributed by atoms with Crippen molar-refractivity contribution >= 4 is 22.3 Å². The molecule has 0 aliphatic heterocycles. The Morgan fingerprint density at radius 2 is 1.74 bits per heavy atom. The third kappa shape index (κ3) is 2.22. The molecule has 0 radical (unpaired) electrons. The van der Waals surface area contributed by atoms with Crippen molar-refractivity contribution in [3.05, 3.63) is 60.6 Å². The molecule has 0 unspecified atom stereocenters. The Labute approximate surface area is 110 Å². The van der Waals surface area contributed by atoms with Crippen LogP contribution in [0.4, 0.5) is 11.5 Å². The molecular formula is C15H10N4. The third-order valence-electron chi connectivity index (χ3n) is 2.82. The molecule has 0 saturated heterocycles. The van der Waals surface area contributed by atoms with E-state index in [2.05, 4.69) is 21.4 Å². The molecule has 0 bridgehead atoms. The van der Waals surface area contributed by atoms with Crippen molar-refractivity contribution < 1.29 is 0 Å². The van der Waals surface area contributed by atoms with Crippen LogP contribution in [-0.2, 0) is 0 Å². The minimum atomic E-state index is 0.288. The van der Waals surface area contributed by atoms with Crippen LogP contribution in [0, 0.1) is 11.3 Å². The summed E-state index contributed by atoms with van der Waals surface area (Å²) in [7, 11) is 0. The topological polar surface area (TPSA) is 61.6 Å². The zero-order valence-corrected chi connectivity index (χ0v) is 10.0. The molecule has 0 aliphatic carbocycles. The van der Waals surface area contributed by atoms with Gasteiger partial charge in [0.25, 0.3) is 0 Å². The molecular weight excluding hydrogens is 236 g/mol. The molecule has 0 amide bonds. The second kappa shape index (κ2) is 4.75.